The van der Waals surface area contributed by atoms with Gasteiger partial charge in [0.2, 0.25) is 11.8 Å². The van der Waals surface area contributed by atoms with Crippen molar-refractivity contribution in [2.24, 2.45) is 11.3 Å². The zero-order chi connectivity index (χ0) is 44.8. The van der Waals surface area contributed by atoms with E-state index in [0.29, 0.717) is 30.5 Å². The molecule has 1 spiro atoms. The Bertz CT molecular complexity index is 2560. The third-order valence-electron chi connectivity index (χ3n) is 13.0. The summed E-state index contributed by atoms with van der Waals surface area (Å²) < 4.78 is 5.22. The maximum atomic E-state index is 13.6. The Labute approximate surface area is 372 Å². The van der Waals surface area contributed by atoms with E-state index in [0.717, 1.165) is 91.4 Å². The minimum Gasteiger partial charge on any atom is -0.371 e. The van der Waals surface area contributed by atoms with Crippen molar-refractivity contribution in [3.63, 3.8) is 0 Å². The molecule has 9 rings (SSSR count). The maximum Gasteiger partial charge on any atom is 0.328 e. The van der Waals surface area contributed by atoms with Crippen LogP contribution in [0.3, 0.4) is 0 Å². The van der Waals surface area contributed by atoms with Crippen molar-refractivity contribution in [2.45, 2.75) is 71.8 Å². The van der Waals surface area contributed by atoms with Gasteiger partial charge in [0.15, 0.2) is 5.82 Å². The van der Waals surface area contributed by atoms with Gasteiger partial charge in [0, 0.05) is 86.1 Å². The average Bonchev–Trinajstić information content (AvgIpc) is 3.98. The predicted octanol–water partition coefficient (Wildman–Crippen LogP) is 6.16. The summed E-state index contributed by atoms with van der Waals surface area (Å²) in [5, 5.41) is 12.6. The quantitative estimate of drug-likeness (QED) is 0.145. The second-order valence-electron chi connectivity index (χ2n) is 18.6. The second-order valence-corrected chi connectivity index (χ2v) is 18.6. The highest BCUT2D eigenvalue weighted by Gasteiger charge is 2.48. The Morgan fingerprint density at radius 1 is 0.875 bits per heavy atom. The summed E-state index contributed by atoms with van der Waals surface area (Å²) >= 11 is 0. The Hall–Kier alpha value is -6.91. The van der Waals surface area contributed by atoms with Crippen LogP contribution in [0.2, 0.25) is 0 Å². The third kappa shape index (κ3) is 8.83. The van der Waals surface area contributed by atoms with Crippen LogP contribution in [0, 0.1) is 18.3 Å². The van der Waals surface area contributed by atoms with Crippen LogP contribution in [0.5, 0.6) is 0 Å². The fraction of sp³-hybridized carbons (Fsp3) is 0.426. The van der Waals surface area contributed by atoms with Crippen LogP contribution in [0.25, 0.3) is 11.3 Å². The fourth-order valence-electron chi connectivity index (χ4n) is 9.22. The number of anilines is 5. The number of amides is 5. The van der Waals surface area contributed by atoms with E-state index in [1.807, 2.05) is 95.4 Å². The highest BCUT2D eigenvalue weighted by Crippen LogP contribution is 2.43. The molecule has 4 fully saturated rings. The maximum absolute atomic E-state index is 13.6. The molecule has 332 valence electrons. The standard InChI is InChI=1S/C47H54N12O5/c1-29-22-31(6-12-36(29)30(2)51-41(61)42-54-44(55-64-42)46(3,4)5)37-23-39(50-28-49-37)52-38-13-11-35(24-48-38)56-20-16-47(17-21-56)26-58(27-47)43(62)32-14-18-57(25-32)33-7-9-34(10-8-33)59-19-15-40(60)53-45(59)63/h6-13,22-24,28,30,32H,14-21,25-27H2,1-5H3,(H,51,61)(H,53,60,63)(H,48,49,50,52)/t30-,32?/m1/s1. The van der Waals surface area contributed by atoms with Crippen molar-refractivity contribution in [1.82, 2.24) is 40.6 Å². The number of hydrogen-bond donors (Lipinski definition) is 3. The first-order valence-corrected chi connectivity index (χ1v) is 22.0. The first-order valence-electron chi connectivity index (χ1n) is 22.0. The summed E-state index contributed by atoms with van der Waals surface area (Å²) in [5.41, 5.74) is 6.31. The predicted molar refractivity (Wildman–Crippen MR) is 241 cm³/mol. The van der Waals surface area contributed by atoms with Crippen LogP contribution >= 0.6 is 0 Å². The van der Waals surface area contributed by atoms with Crippen molar-refractivity contribution >= 4 is 52.5 Å². The summed E-state index contributed by atoms with van der Waals surface area (Å²) in [4.78, 5) is 76.5. The van der Waals surface area contributed by atoms with E-state index in [2.05, 4.69) is 56.8 Å². The highest BCUT2D eigenvalue weighted by molar-refractivity contribution is 6.05. The van der Waals surface area contributed by atoms with Crippen LogP contribution in [-0.2, 0) is 15.0 Å². The molecule has 3 N–H and O–H groups in total. The van der Waals surface area contributed by atoms with Crippen molar-refractivity contribution < 1.29 is 23.7 Å². The molecule has 4 aliphatic heterocycles. The number of imide groups is 1. The summed E-state index contributed by atoms with van der Waals surface area (Å²) in [6.07, 6.45) is 6.59. The monoisotopic (exact) mass is 866 g/mol. The molecule has 2 atom stereocenters. The van der Waals surface area contributed by atoms with Gasteiger partial charge >= 0.3 is 17.8 Å². The first-order chi connectivity index (χ1) is 30.7. The van der Waals surface area contributed by atoms with Gasteiger partial charge in [0.05, 0.1) is 29.5 Å². The second kappa shape index (κ2) is 17.0. The largest absolute Gasteiger partial charge is 0.371 e. The lowest BCUT2D eigenvalue weighted by atomic mass is 9.71. The first kappa shape index (κ1) is 42.4. The molecular weight excluding hydrogens is 813 g/mol. The van der Waals surface area contributed by atoms with E-state index in [1.165, 1.54) is 6.33 Å². The molecule has 0 bridgehead atoms. The van der Waals surface area contributed by atoms with Crippen LogP contribution in [0.15, 0.2) is 77.7 Å². The Morgan fingerprint density at radius 2 is 1.62 bits per heavy atom. The number of carbonyl (C=O) groups is 4. The van der Waals surface area contributed by atoms with Gasteiger partial charge in [-0.05, 0) is 86.7 Å². The highest BCUT2D eigenvalue weighted by atomic mass is 16.5. The topological polar surface area (TPSA) is 195 Å². The number of hydrogen-bond acceptors (Lipinski definition) is 13. The number of aromatic nitrogens is 5. The Kier molecular flexibility index (Phi) is 11.3. The number of nitrogens with one attached hydrogen (secondary N) is 3. The minimum atomic E-state index is -0.421. The van der Waals surface area contributed by atoms with Crippen molar-refractivity contribution in [3.8, 4) is 11.3 Å². The molecule has 0 aliphatic carbocycles. The lowest BCUT2D eigenvalue weighted by Gasteiger charge is -2.54. The van der Waals surface area contributed by atoms with Gasteiger partial charge in [-0.3, -0.25) is 24.6 Å². The van der Waals surface area contributed by atoms with E-state index in [4.69, 9.17) is 9.51 Å². The molecule has 0 saturated carbocycles. The molecular formula is C47H54N12O5. The fourth-order valence-corrected chi connectivity index (χ4v) is 9.22. The Balaban J connectivity index is 0.731. The van der Waals surface area contributed by atoms with E-state index < -0.39 is 11.9 Å². The number of urea groups is 1. The Morgan fingerprint density at radius 3 is 2.31 bits per heavy atom. The smallest absolute Gasteiger partial charge is 0.328 e. The van der Waals surface area contributed by atoms with E-state index in [9.17, 15) is 19.2 Å². The zero-order valence-corrected chi connectivity index (χ0v) is 36.9. The van der Waals surface area contributed by atoms with E-state index in [1.54, 1.807) is 4.90 Å². The van der Waals surface area contributed by atoms with Gasteiger partial charge in [-0.25, -0.2) is 19.7 Å². The number of nitrogens with zero attached hydrogens (tertiary/aromatic N) is 9. The van der Waals surface area contributed by atoms with E-state index >= 15 is 0 Å². The summed E-state index contributed by atoms with van der Waals surface area (Å²) in [6, 6.07) is 19.1. The summed E-state index contributed by atoms with van der Waals surface area (Å²) in [7, 11) is 0. The molecule has 5 aromatic rings. The third-order valence-corrected chi connectivity index (χ3v) is 13.0. The molecule has 4 saturated heterocycles. The number of aryl methyl sites for hydroxylation is 1. The molecule has 7 heterocycles. The summed E-state index contributed by atoms with van der Waals surface area (Å²) in [6.45, 7) is 15.1. The van der Waals surface area contributed by atoms with Crippen LogP contribution in [0.1, 0.15) is 87.1 Å². The number of carbonyl (C=O) groups excluding carboxylic acids is 4. The van der Waals surface area contributed by atoms with Crippen molar-refractivity contribution in [3.05, 3.63) is 96.0 Å². The number of rotatable bonds is 10. The van der Waals surface area contributed by atoms with Crippen LogP contribution in [-0.4, -0.2) is 99.6 Å². The number of piperidine rings is 1. The van der Waals surface area contributed by atoms with Gasteiger partial charge in [0.25, 0.3) is 0 Å². The van der Waals surface area contributed by atoms with Crippen molar-refractivity contribution in [2.75, 3.05) is 65.8 Å². The lowest BCUT2D eigenvalue weighted by molar-refractivity contribution is -0.148. The van der Waals surface area contributed by atoms with Gasteiger partial charge in [-0.15, -0.1) is 0 Å². The normalized spacial score (nSPS) is 19.0. The lowest BCUT2D eigenvalue weighted by Crippen LogP contribution is -2.63. The minimum absolute atomic E-state index is 0.0249. The molecule has 17 heteroatoms. The average molecular weight is 867 g/mol. The molecule has 2 aromatic carbocycles. The molecule has 5 amide bonds. The molecule has 0 radical (unpaired) electrons. The van der Waals surface area contributed by atoms with Gasteiger partial charge in [-0.2, -0.15) is 4.98 Å². The molecule has 1 unspecified atom stereocenters. The molecule has 17 nitrogen and oxygen atoms in total. The van der Waals surface area contributed by atoms with Crippen LogP contribution < -0.4 is 30.7 Å². The number of likely N-dealkylation sites (tertiary alicyclic amines) is 1. The van der Waals surface area contributed by atoms with Crippen molar-refractivity contribution in [1.29, 1.82) is 0 Å². The SMILES string of the molecule is Cc1cc(-c2cc(Nc3ccc(N4CCC5(CC4)CN(C(=O)C4CCN(c6ccc(N7CCC(=O)NC7=O)cc6)C4)C5)cn3)ncn2)ccc1[C@@H](C)NC(=O)c1nc(C(C)(C)C)no1. The number of benzene rings is 2. The summed E-state index contributed by atoms with van der Waals surface area (Å²) in [5.74, 6) is 1.27. The van der Waals surface area contributed by atoms with Gasteiger partial charge in [0.1, 0.15) is 18.0 Å². The molecule has 4 aliphatic rings. The molecule has 3 aromatic heterocycles. The molecule has 64 heavy (non-hydrogen) atoms. The van der Waals surface area contributed by atoms with E-state index in [-0.39, 0.29) is 46.9 Å². The number of pyridine rings is 1. The zero-order valence-electron chi connectivity index (χ0n) is 36.9. The van der Waals surface area contributed by atoms with Gasteiger partial charge in [-0.1, -0.05) is 38.1 Å². The van der Waals surface area contributed by atoms with Gasteiger partial charge < -0.3 is 29.9 Å². The van der Waals surface area contributed by atoms with Crippen LogP contribution in [0.4, 0.5) is 33.5 Å².